The van der Waals surface area contributed by atoms with E-state index in [0.29, 0.717) is 12.0 Å². The van der Waals surface area contributed by atoms with Gasteiger partial charge in [-0.05, 0) is 41.8 Å². The number of hydrogen-bond donors (Lipinski definition) is 2. The summed E-state index contributed by atoms with van der Waals surface area (Å²) in [5.74, 6) is -1.28. The number of carbonyl (C=O) groups is 1. The van der Waals surface area contributed by atoms with Crippen LogP contribution in [-0.4, -0.2) is 19.5 Å². The van der Waals surface area contributed by atoms with Gasteiger partial charge in [-0.1, -0.05) is 24.3 Å². The molecule has 0 spiro atoms. The second kappa shape index (κ2) is 7.34. The van der Waals surface area contributed by atoms with Gasteiger partial charge in [0.15, 0.2) is 0 Å². The standard InChI is InChI=1S/C16H16FNO4S/c17-14-6-1-13(2-7-14)11-18-23(21,22)15-8-3-12(4-9-15)5-10-16(19)20/h1-4,6-9,18H,5,10-11H2,(H,19,20). The summed E-state index contributed by atoms with van der Waals surface area (Å²) >= 11 is 0. The van der Waals surface area contributed by atoms with E-state index in [1.165, 1.54) is 36.4 Å². The molecule has 0 aliphatic heterocycles. The molecule has 0 atom stereocenters. The van der Waals surface area contributed by atoms with Crippen LogP contribution in [0.5, 0.6) is 0 Å². The Kier molecular flexibility index (Phi) is 5.46. The lowest BCUT2D eigenvalue weighted by molar-refractivity contribution is -0.136. The van der Waals surface area contributed by atoms with Gasteiger partial charge < -0.3 is 5.11 Å². The molecular formula is C16H16FNO4S. The first kappa shape index (κ1) is 17.1. The second-order valence-electron chi connectivity index (χ2n) is 4.99. The summed E-state index contributed by atoms with van der Waals surface area (Å²) in [6.45, 7) is 0.0589. The van der Waals surface area contributed by atoms with Crippen molar-refractivity contribution in [2.45, 2.75) is 24.3 Å². The molecule has 2 aromatic rings. The van der Waals surface area contributed by atoms with Gasteiger partial charge in [-0.2, -0.15) is 0 Å². The topological polar surface area (TPSA) is 83.5 Å². The predicted molar refractivity (Wildman–Crippen MR) is 82.8 cm³/mol. The molecule has 0 aliphatic carbocycles. The summed E-state index contributed by atoms with van der Waals surface area (Å²) in [5.41, 5.74) is 1.40. The van der Waals surface area contributed by atoms with Gasteiger partial charge in [0.1, 0.15) is 5.82 Å². The Morgan fingerprint density at radius 3 is 2.13 bits per heavy atom. The summed E-state index contributed by atoms with van der Waals surface area (Å²) in [6.07, 6.45) is 0.341. The van der Waals surface area contributed by atoms with Crippen LogP contribution < -0.4 is 4.72 Å². The molecule has 2 aromatic carbocycles. The van der Waals surface area contributed by atoms with Crippen molar-refractivity contribution >= 4 is 16.0 Å². The molecule has 0 heterocycles. The number of benzene rings is 2. The van der Waals surface area contributed by atoms with Crippen molar-refractivity contribution < 1.29 is 22.7 Å². The van der Waals surface area contributed by atoms with Gasteiger partial charge in [0.05, 0.1) is 4.90 Å². The van der Waals surface area contributed by atoms with Crippen LogP contribution in [0.2, 0.25) is 0 Å². The van der Waals surface area contributed by atoms with Crippen LogP contribution in [0.3, 0.4) is 0 Å². The molecular weight excluding hydrogens is 321 g/mol. The zero-order valence-electron chi connectivity index (χ0n) is 12.2. The smallest absolute Gasteiger partial charge is 0.303 e. The Morgan fingerprint density at radius 1 is 1.00 bits per heavy atom. The molecule has 0 saturated heterocycles. The summed E-state index contributed by atoms with van der Waals surface area (Å²) in [5, 5.41) is 8.62. The van der Waals surface area contributed by atoms with Crippen molar-refractivity contribution in [3.05, 3.63) is 65.5 Å². The number of carboxylic acids is 1. The zero-order chi connectivity index (χ0) is 16.9. The van der Waals surface area contributed by atoms with Gasteiger partial charge >= 0.3 is 5.97 Å². The Labute approximate surface area is 133 Å². The third-order valence-electron chi connectivity index (χ3n) is 3.24. The van der Waals surface area contributed by atoms with Gasteiger partial charge in [0, 0.05) is 13.0 Å². The lowest BCUT2D eigenvalue weighted by Gasteiger charge is -2.08. The van der Waals surface area contributed by atoms with E-state index >= 15 is 0 Å². The van der Waals surface area contributed by atoms with E-state index in [1.807, 2.05) is 0 Å². The maximum Gasteiger partial charge on any atom is 0.303 e. The molecule has 0 aromatic heterocycles. The summed E-state index contributed by atoms with van der Waals surface area (Å²) in [6, 6.07) is 11.6. The average Bonchev–Trinajstić information content (AvgIpc) is 2.53. The Morgan fingerprint density at radius 2 is 1.57 bits per heavy atom. The summed E-state index contributed by atoms with van der Waals surface area (Å²) in [7, 11) is -3.68. The van der Waals surface area contributed by atoms with Crippen LogP contribution in [0.4, 0.5) is 4.39 Å². The Balaban J connectivity index is 2.01. The van der Waals surface area contributed by atoms with Crippen LogP contribution in [0.1, 0.15) is 17.5 Å². The third kappa shape index (κ3) is 5.15. The minimum Gasteiger partial charge on any atom is -0.481 e. The van der Waals surface area contributed by atoms with E-state index in [1.54, 1.807) is 12.1 Å². The highest BCUT2D eigenvalue weighted by Gasteiger charge is 2.13. The molecule has 0 radical (unpaired) electrons. The lowest BCUT2D eigenvalue weighted by Crippen LogP contribution is -2.23. The van der Waals surface area contributed by atoms with Crippen LogP contribution in [0.15, 0.2) is 53.4 Å². The maximum atomic E-state index is 12.8. The molecule has 23 heavy (non-hydrogen) atoms. The molecule has 5 nitrogen and oxygen atoms in total. The van der Waals surface area contributed by atoms with Crippen LogP contribution in [0, 0.1) is 5.82 Å². The van der Waals surface area contributed by atoms with Gasteiger partial charge in [-0.25, -0.2) is 17.5 Å². The number of aliphatic carboxylic acids is 1. The minimum atomic E-state index is -3.68. The van der Waals surface area contributed by atoms with Crippen LogP contribution in [0.25, 0.3) is 0 Å². The van der Waals surface area contributed by atoms with Crippen molar-refractivity contribution in [2.24, 2.45) is 0 Å². The molecule has 0 unspecified atom stereocenters. The van der Waals surface area contributed by atoms with Crippen LogP contribution >= 0.6 is 0 Å². The van der Waals surface area contributed by atoms with Crippen LogP contribution in [-0.2, 0) is 27.8 Å². The largest absolute Gasteiger partial charge is 0.481 e. The SMILES string of the molecule is O=C(O)CCc1ccc(S(=O)(=O)NCc2ccc(F)cc2)cc1. The van der Waals surface area contributed by atoms with E-state index in [4.69, 9.17) is 5.11 Å². The number of carboxylic acid groups (broad SMARTS) is 1. The summed E-state index contributed by atoms with van der Waals surface area (Å²) < 4.78 is 39.6. The van der Waals surface area contributed by atoms with Gasteiger partial charge in [0.2, 0.25) is 10.0 Å². The van der Waals surface area contributed by atoms with Gasteiger partial charge in [0.25, 0.3) is 0 Å². The van der Waals surface area contributed by atoms with Gasteiger partial charge in [-0.3, -0.25) is 4.79 Å². The molecule has 2 N–H and O–H groups in total. The third-order valence-corrected chi connectivity index (χ3v) is 4.66. The van der Waals surface area contributed by atoms with Crippen molar-refractivity contribution in [3.63, 3.8) is 0 Å². The highest BCUT2D eigenvalue weighted by molar-refractivity contribution is 7.89. The highest BCUT2D eigenvalue weighted by atomic mass is 32.2. The van der Waals surface area contributed by atoms with E-state index in [0.717, 1.165) is 5.56 Å². The first-order chi connectivity index (χ1) is 10.9. The molecule has 0 aliphatic rings. The quantitative estimate of drug-likeness (QED) is 0.812. The lowest BCUT2D eigenvalue weighted by atomic mass is 10.1. The van der Waals surface area contributed by atoms with Gasteiger partial charge in [-0.15, -0.1) is 0 Å². The molecule has 122 valence electrons. The van der Waals surface area contributed by atoms with E-state index in [9.17, 15) is 17.6 Å². The highest BCUT2D eigenvalue weighted by Crippen LogP contribution is 2.13. The number of sulfonamides is 1. The van der Waals surface area contributed by atoms with Crippen molar-refractivity contribution in [1.29, 1.82) is 0 Å². The van der Waals surface area contributed by atoms with E-state index < -0.39 is 16.0 Å². The second-order valence-corrected chi connectivity index (χ2v) is 6.76. The number of rotatable bonds is 7. The molecule has 0 amide bonds. The predicted octanol–water partition coefficient (Wildman–Crippen LogP) is 2.32. The van der Waals surface area contributed by atoms with Crippen molar-refractivity contribution in [2.75, 3.05) is 0 Å². The Hall–Kier alpha value is -2.25. The normalized spacial score (nSPS) is 11.3. The van der Waals surface area contributed by atoms with Crippen molar-refractivity contribution in [3.8, 4) is 0 Å². The monoisotopic (exact) mass is 337 g/mol. The molecule has 0 saturated carbocycles. The van der Waals surface area contributed by atoms with E-state index in [-0.39, 0.29) is 23.7 Å². The Bertz CT molecular complexity index is 771. The maximum absolute atomic E-state index is 12.8. The summed E-state index contributed by atoms with van der Waals surface area (Å²) in [4.78, 5) is 10.6. The number of nitrogens with one attached hydrogen (secondary N) is 1. The molecule has 2 rings (SSSR count). The average molecular weight is 337 g/mol. The fourth-order valence-corrected chi connectivity index (χ4v) is 2.97. The fourth-order valence-electron chi connectivity index (χ4n) is 1.95. The first-order valence-corrected chi connectivity index (χ1v) is 8.40. The number of halogens is 1. The fraction of sp³-hybridized carbons (Fsp3) is 0.188. The minimum absolute atomic E-state index is 0.00505. The molecule has 0 bridgehead atoms. The van der Waals surface area contributed by atoms with Crippen molar-refractivity contribution in [1.82, 2.24) is 4.72 Å². The molecule has 7 heteroatoms. The first-order valence-electron chi connectivity index (χ1n) is 6.92. The van der Waals surface area contributed by atoms with E-state index in [2.05, 4.69) is 4.72 Å². The zero-order valence-corrected chi connectivity index (χ0v) is 13.0. The molecule has 0 fully saturated rings. The number of hydrogen-bond acceptors (Lipinski definition) is 3. The number of aryl methyl sites for hydroxylation is 1.